The first-order valence-corrected chi connectivity index (χ1v) is 7.38. The van der Waals surface area contributed by atoms with Crippen LogP contribution < -0.4 is 10.5 Å². The number of hydrogen-bond donors (Lipinski definition) is 2. The van der Waals surface area contributed by atoms with Gasteiger partial charge in [0.25, 0.3) is 0 Å². The number of nitrogens with two attached hydrogens (primary N) is 1. The van der Waals surface area contributed by atoms with E-state index in [1.165, 1.54) is 5.56 Å². The van der Waals surface area contributed by atoms with Gasteiger partial charge in [0.1, 0.15) is 11.4 Å². The fourth-order valence-corrected chi connectivity index (χ4v) is 2.38. The standard InChI is InChI=1S/C18H23NO2/c1-2-15-8-6-7-11-17(15)21-13-12-18(20,14-19)16-9-4-3-5-10-16/h3-11,20H,2,12-14,19H2,1H3. The Morgan fingerprint density at radius 2 is 1.71 bits per heavy atom. The average molecular weight is 285 g/mol. The van der Waals surface area contributed by atoms with E-state index in [9.17, 15) is 5.11 Å². The Kier molecular flexibility index (Phi) is 5.37. The molecule has 3 N–H and O–H groups in total. The third kappa shape index (κ3) is 3.84. The van der Waals surface area contributed by atoms with Gasteiger partial charge in [-0.2, -0.15) is 0 Å². The number of benzene rings is 2. The predicted octanol–water partition coefficient (Wildman–Crippen LogP) is 2.86. The molecule has 2 aromatic rings. The predicted molar refractivity (Wildman–Crippen MR) is 85.3 cm³/mol. The highest BCUT2D eigenvalue weighted by molar-refractivity contribution is 5.33. The number of aryl methyl sites for hydroxylation is 1. The van der Waals surface area contributed by atoms with E-state index in [2.05, 4.69) is 13.0 Å². The summed E-state index contributed by atoms with van der Waals surface area (Å²) in [6.07, 6.45) is 1.39. The second-order valence-corrected chi connectivity index (χ2v) is 5.16. The lowest BCUT2D eigenvalue weighted by Gasteiger charge is -2.27. The molecule has 0 spiro atoms. The quantitative estimate of drug-likeness (QED) is 0.822. The molecule has 2 aromatic carbocycles. The highest BCUT2D eigenvalue weighted by atomic mass is 16.5. The van der Waals surface area contributed by atoms with Crippen molar-refractivity contribution < 1.29 is 9.84 Å². The van der Waals surface area contributed by atoms with Gasteiger partial charge in [0.15, 0.2) is 0 Å². The number of hydrogen-bond acceptors (Lipinski definition) is 3. The van der Waals surface area contributed by atoms with Crippen molar-refractivity contribution in [3.05, 3.63) is 65.7 Å². The Bertz CT molecular complexity index is 556. The minimum atomic E-state index is -1.04. The molecule has 0 bridgehead atoms. The lowest BCUT2D eigenvalue weighted by molar-refractivity contribution is 0.0232. The first-order chi connectivity index (χ1) is 10.2. The Morgan fingerprint density at radius 3 is 2.38 bits per heavy atom. The first kappa shape index (κ1) is 15.5. The summed E-state index contributed by atoms with van der Waals surface area (Å²) >= 11 is 0. The fraction of sp³-hybridized carbons (Fsp3) is 0.333. The van der Waals surface area contributed by atoms with Crippen LogP contribution in [0.15, 0.2) is 54.6 Å². The van der Waals surface area contributed by atoms with Crippen LogP contribution in [-0.2, 0) is 12.0 Å². The van der Waals surface area contributed by atoms with Crippen LogP contribution in [0, 0.1) is 0 Å². The van der Waals surface area contributed by atoms with Gasteiger partial charge in [-0.15, -0.1) is 0 Å². The lowest BCUT2D eigenvalue weighted by atomic mass is 9.91. The molecule has 0 fully saturated rings. The van der Waals surface area contributed by atoms with Crippen molar-refractivity contribution in [3.8, 4) is 5.75 Å². The Labute approximate surface area is 126 Å². The molecule has 0 saturated heterocycles. The summed E-state index contributed by atoms with van der Waals surface area (Å²) in [5.74, 6) is 0.882. The highest BCUT2D eigenvalue weighted by Gasteiger charge is 2.27. The zero-order valence-corrected chi connectivity index (χ0v) is 12.5. The summed E-state index contributed by atoms with van der Waals surface area (Å²) in [5.41, 5.74) is 6.74. The topological polar surface area (TPSA) is 55.5 Å². The molecular formula is C18H23NO2. The smallest absolute Gasteiger partial charge is 0.122 e. The van der Waals surface area contributed by atoms with E-state index in [1.54, 1.807) is 0 Å². The largest absolute Gasteiger partial charge is 0.493 e. The van der Waals surface area contributed by atoms with Gasteiger partial charge in [-0.3, -0.25) is 0 Å². The summed E-state index contributed by atoms with van der Waals surface area (Å²) in [5, 5.41) is 10.7. The molecule has 112 valence electrons. The highest BCUT2D eigenvalue weighted by Crippen LogP contribution is 2.25. The van der Waals surface area contributed by atoms with Gasteiger partial charge in [-0.1, -0.05) is 55.5 Å². The molecule has 0 aromatic heterocycles. The monoisotopic (exact) mass is 285 g/mol. The van der Waals surface area contributed by atoms with E-state index in [1.807, 2.05) is 48.5 Å². The van der Waals surface area contributed by atoms with Gasteiger partial charge >= 0.3 is 0 Å². The maximum atomic E-state index is 10.7. The van der Waals surface area contributed by atoms with Crippen molar-refractivity contribution in [1.82, 2.24) is 0 Å². The van der Waals surface area contributed by atoms with Crippen LogP contribution in [0.1, 0.15) is 24.5 Å². The molecule has 0 aliphatic rings. The fourth-order valence-electron chi connectivity index (χ4n) is 2.38. The summed E-state index contributed by atoms with van der Waals surface area (Å²) in [6, 6.07) is 17.5. The summed E-state index contributed by atoms with van der Waals surface area (Å²) < 4.78 is 5.83. The van der Waals surface area contributed by atoms with Crippen LogP contribution >= 0.6 is 0 Å². The van der Waals surface area contributed by atoms with E-state index in [0.717, 1.165) is 17.7 Å². The van der Waals surface area contributed by atoms with E-state index in [4.69, 9.17) is 10.5 Å². The van der Waals surface area contributed by atoms with Crippen LogP contribution in [-0.4, -0.2) is 18.3 Å². The van der Waals surface area contributed by atoms with Gasteiger partial charge in [-0.05, 0) is 23.6 Å². The Morgan fingerprint density at radius 1 is 1.05 bits per heavy atom. The SMILES string of the molecule is CCc1ccccc1OCCC(O)(CN)c1ccccc1. The van der Waals surface area contributed by atoms with Crippen molar-refractivity contribution in [2.24, 2.45) is 5.73 Å². The lowest BCUT2D eigenvalue weighted by Crippen LogP contribution is -2.36. The Balaban J connectivity index is 2.01. The molecule has 1 unspecified atom stereocenters. The normalized spacial score (nSPS) is 13.7. The third-order valence-corrected chi connectivity index (χ3v) is 3.78. The minimum Gasteiger partial charge on any atom is -0.493 e. The summed E-state index contributed by atoms with van der Waals surface area (Å²) in [6.45, 7) is 2.71. The zero-order valence-electron chi connectivity index (χ0n) is 12.5. The third-order valence-electron chi connectivity index (χ3n) is 3.78. The van der Waals surface area contributed by atoms with Crippen LogP contribution in [0.5, 0.6) is 5.75 Å². The second kappa shape index (κ2) is 7.25. The summed E-state index contributed by atoms with van der Waals surface area (Å²) in [4.78, 5) is 0. The van der Waals surface area contributed by atoms with E-state index in [-0.39, 0.29) is 6.54 Å². The van der Waals surface area contributed by atoms with E-state index >= 15 is 0 Å². The zero-order chi connectivity index (χ0) is 15.1. The number of aliphatic hydroxyl groups is 1. The molecule has 0 heterocycles. The molecule has 0 radical (unpaired) electrons. The van der Waals surface area contributed by atoms with Gasteiger partial charge < -0.3 is 15.6 Å². The van der Waals surface area contributed by atoms with Gasteiger partial charge in [0.2, 0.25) is 0 Å². The van der Waals surface area contributed by atoms with Gasteiger partial charge in [-0.25, -0.2) is 0 Å². The van der Waals surface area contributed by atoms with Crippen molar-refractivity contribution >= 4 is 0 Å². The molecule has 0 amide bonds. The molecule has 21 heavy (non-hydrogen) atoms. The molecule has 3 heteroatoms. The van der Waals surface area contributed by atoms with Crippen molar-refractivity contribution in [3.63, 3.8) is 0 Å². The molecule has 2 rings (SSSR count). The van der Waals surface area contributed by atoms with Crippen molar-refractivity contribution in [1.29, 1.82) is 0 Å². The summed E-state index contributed by atoms with van der Waals surface area (Å²) in [7, 11) is 0. The molecule has 3 nitrogen and oxygen atoms in total. The number of rotatable bonds is 7. The second-order valence-electron chi connectivity index (χ2n) is 5.16. The average Bonchev–Trinajstić information content (AvgIpc) is 2.56. The maximum Gasteiger partial charge on any atom is 0.122 e. The minimum absolute atomic E-state index is 0.176. The van der Waals surface area contributed by atoms with Crippen LogP contribution in [0.3, 0.4) is 0 Å². The van der Waals surface area contributed by atoms with Crippen LogP contribution in [0.25, 0.3) is 0 Å². The molecule has 1 atom stereocenters. The number of para-hydroxylation sites is 1. The van der Waals surface area contributed by atoms with Crippen molar-refractivity contribution in [2.75, 3.05) is 13.2 Å². The first-order valence-electron chi connectivity index (χ1n) is 7.38. The van der Waals surface area contributed by atoms with Crippen LogP contribution in [0.4, 0.5) is 0 Å². The van der Waals surface area contributed by atoms with Crippen LogP contribution in [0.2, 0.25) is 0 Å². The maximum absolute atomic E-state index is 10.7. The number of ether oxygens (including phenoxy) is 1. The van der Waals surface area contributed by atoms with Gasteiger partial charge in [0, 0.05) is 13.0 Å². The molecule has 0 aliphatic carbocycles. The molecule has 0 saturated carbocycles. The molecule has 0 aliphatic heterocycles. The van der Waals surface area contributed by atoms with E-state index < -0.39 is 5.60 Å². The van der Waals surface area contributed by atoms with Crippen molar-refractivity contribution in [2.45, 2.75) is 25.4 Å². The van der Waals surface area contributed by atoms with Gasteiger partial charge in [0.05, 0.1) is 6.61 Å². The van der Waals surface area contributed by atoms with E-state index in [0.29, 0.717) is 13.0 Å². The Hall–Kier alpha value is -1.84. The molecular weight excluding hydrogens is 262 g/mol.